The Bertz CT molecular complexity index is 672. The summed E-state index contributed by atoms with van der Waals surface area (Å²) in [5.41, 5.74) is 2.63. The van der Waals surface area contributed by atoms with Crippen molar-refractivity contribution in [2.45, 2.75) is 6.92 Å². The van der Waals surface area contributed by atoms with Crippen molar-refractivity contribution in [2.75, 3.05) is 14.2 Å². The molecule has 108 valence electrons. The van der Waals surface area contributed by atoms with Crippen molar-refractivity contribution < 1.29 is 14.3 Å². The molecule has 3 heteroatoms. The standard InChI is InChI=1S/C18H18O3/c1-13-5-4-6-14(11-13)7-9-17(19)16-12-15(20-2)8-10-18(16)21-3/h4-12H,1-3H3/b9-7+. The molecule has 2 aromatic rings. The predicted molar refractivity (Wildman–Crippen MR) is 84.1 cm³/mol. The molecule has 0 N–H and O–H groups in total. The van der Waals surface area contributed by atoms with E-state index in [2.05, 4.69) is 0 Å². The van der Waals surface area contributed by atoms with Gasteiger partial charge in [-0.1, -0.05) is 35.9 Å². The van der Waals surface area contributed by atoms with E-state index in [1.165, 1.54) is 0 Å². The summed E-state index contributed by atoms with van der Waals surface area (Å²) in [6.07, 6.45) is 3.35. The molecule has 2 rings (SSSR count). The van der Waals surface area contributed by atoms with Crippen LogP contribution in [0.1, 0.15) is 21.5 Å². The van der Waals surface area contributed by atoms with E-state index in [1.54, 1.807) is 44.6 Å². The number of aryl methyl sites for hydroxylation is 1. The van der Waals surface area contributed by atoms with Crippen LogP contribution in [0.4, 0.5) is 0 Å². The summed E-state index contributed by atoms with van der Waals surface area (Å²) in [7, 11) is 3.11. The summed E-state index contributed by atoms with van der Waals surface area (Å²) in [5.74, 6) is 1.05. The first-order valence-corrected chi connectivity index (χ1v) is 6.65. The third-order valence-corrected chi connectivity index (χ3v) is 3.14. The highest BCUT2D eigenvalue weighted by molar-refractivity contribution is 6.08. The number of rotatable bonds is 5. The minimum absolute atomic E-state index is 0.118. The van der Waals surface area contributed by atoms with E-state index in [9.17, 15) is 4.79 Å². The Hall–Kier alpha value is -2.55. The summed E-state index contributed by atoms with van der Waals surface area (Å²) >= 11 is 0. The maximum absolute atomic E-state index is 12.3. The van der Waals surface area contributed by atoms with E-state index in [0.717, 1.165) is 11.1 Å². The van der Waals surface area contributed by atoms with Gasteiger partial charge >= 0.3 is 0 Å². The SMILES string of the molecule is COc1ccc(OC)c(C(=O)/C=C/c2cccc(C)c2)c1. The Kier molecular flexibility index (Phi) is 4.77. The molecule has 0 aliphatic carbocycles. The first kappa shape index (κ1) is 14.9. The van der Waals surface area contributed by atoms with Crippen LogP contribution in [0.3, 0.4) is 0 Å². The van der Waals surface area contributed by atoms with Crippen LogP contribution >= 0.6 is 0 Å². The maximum atomic E-state index is 12.3. The molecule has 0 aromatic heterocycles. The Labute approximate surface area is 124 Å². The molecule has 2 aromatic carbocycles. The van der Waals surface area contributed by atoms with Gasteiger partial charge in [-0.25, -0.2) is 0 Å². The van der Waals surface area contributed by atoms with Gasteiger partial charge in [-0.2, -0.15) is 0 Å². The lowest BCUT2D eigenvalue weighted by Crippen LogP contribution is -1.99. The summed E-state index contributed by atoms with van der Waals surface area (Å²) in [6, 6.07) is 13.1. The molecule has 3 nitrogen and oxygen atoms in total. The van der Waals surface area contributed by atoms with Gasteiger partial charge in [0.15, 0.2) is 5.78 Å². The molecule has 0 amide bonds. The summed E-state index contributed by atoms with van der Waals surface area (Å²) in [4.78, 5) is 12.3. The lowest BCUT2D eigenvalue weighted by Gasteiger charge is -2.07. The Morgan fingerprint density at radius 2 is 1.86 bits per heavy atom. The zero-order chi connectivity index (χ0) is 15.2. The topological polar surface area (TPSA) is 35.5 Å². The van der Waals surface area contributed by atoms with Crippen LogP contribution in [0.5, 0.6) is 11.5 Å². The zero-order valence-electron chi connectivity index (χ0n) is 12.4. The fourth-order valence-corrected chi connectivity index (χ4v) is 2.04. The summed E-state index contributed by atoms with van der Waals surface area (Å²) < 4.78 is 10.4. The van der Waals surface area contributed by atoms with E-state index < -0.39 is 0 Å². The van der Waals surface area contributed by atoms with Gasteiger partial charge in [0.2, 0.25) is 0 Å². The van der Waals surface area contributed by atoms with Crippen LogP contribution in [0, 0.1) is 6.92 Å². The number of ketones is 1. The van der Waals surface area contributed by atoms with Crippen molar-refractivity contribution >= 4 is 11.9 Å². The minimum atomic E-state index is -0.118. The van der Waals surface area contributed by atoms with Crippen molar-refractivity contribution in [3.05, 3.63) is 65.2 Å². The predicted octanol–water partition coefficient (Wildman–Crippen LogP) is 3.91. The third kappa shape index (κ3) is 3.72. The molecule has 0 spiro atoms. The number of allylic oxidation sites excluding steroid dienone is 1. The Morgan fingerprint density at radius 3 is 2.52 bits per heavy atom. The van der Waals surface area contributed by atoms with Crippen LogP contribution in [-0.2, 0) is 0 Å². The van der Waals surface area contributed by atoms with Crippen LogP contribution in [0.15, 0.2) is 48.5 Å². The first-order chi connectivity index (χ1) is 10.1. The van der Waals surface area contributed by atoms with Gasteiger partial charge in [-0.05, 0) is 36.8 Å². The van der Waals surface area contributed by atoms with Gasteiger partial charge in [-0.3, -0.25) is 4.79 Å². The average molecular weight is 282 g/mol. The summed E-state index contributed by atoms with van der Waals surface area (Å²) in [5, 5.41) is 0. The first-order valence-electron chi connectivity index (χ1n) is 6.65. The number of ether oxygens (including phenoxy) is 2. The van der Waals surface area contributed by atoms with Gasteiger partial charge < -0.3 is 9.47 Å². The fraction of sp³-hybridized carbons (Fsp3) is 0.167. The molecular formula is C18H18O3. The number of methoxy groups -OCH3 is 2. The molecule has 0 bridgehead atoms. The van der Waals surface area contributed by atoms with Gasteiger partial charge in [0.05, 0.1) is 19.8 Å². The largest absolute Gasteiger partial charge is 0.497 e. The lowest BCUT2D eigenvalue weighted by molar-refractivity contribution is 0.104. The molecular weight excluding hydrogens is 264 g/mol. The minimum Gasteiger partial charge on any atom is -0.497 e. The number of carbonyl (C=O) groups excluding carboxylic acids is 1. The molecule has 0 saturated carbocycles. The summed E-state index contributed by atoms with van der Waals surface area (Å²) in [6.45, 7) is 2.02. The number of hydrogen-bond donors (Lipinski definition) is 0. The molecule has 0 aliphatic rings. The van der Waals surface area contributed by atoms with Crippen LogP contribution in [0.25, 0.3) is 6.08 Å². The highest BCUT2D eigenvalue weighted by Crippen LogP contribution is 2.24. The van der Waals surface area contributed by atoms with Crippen LogP contribution in [0.2, 0.25) is 0 Å². The highest BCUT2D eigenvalue weighted by atomic mass is 16.5. The van der Waals surface area contributed by atoms with Crippen molar-refractivity contribution in [3.63, 3.8) is 0 Å². The third-order valence-electron chi connectivity index (χ3n) is 3.14. The quantitative estimate of drug-likeness (QED) is 0.616. The van der Waals surface area contributed by atoms with Gasteiger partial charge in [0, 0.05) is 0 Å². The molecule has 0 unspecified atom stereocenters. The molecule has 0 atom stereocenters. The highest BCUT2D eigenvalue weighted by Gasteiger charge is 2.11. The van der Waals surface area contributed by atoms with Gasteiger partial charge in [0.1, 0.15) is 11.5 Å². The Balaban J connectivity index is 2.27. The molecule has 0 heterocycles. The molecule has 0 aliphatic heterocycles. The molecule has 0 fully saturated rings. The molecule has 21 heavy (non-hydrogen) atoms. The van der Waals surface area contributed by atoms with Crippen LogP contribution in [-0.4, -0.2) is 20.0 Å². The monoisotopic (exact) mass is 282 g/mol. The van der Waals surface area contributed by atoms with E-state index in [1.807, 2.05) is 31.2 Å². The second-order valence-corrected chi connectivity index (χ2v) is 4.68. The van der Waals surface area contributed by atoms with Crippen molar-refractivity contribution in [2.24, 2.45) is 0 Å². The van der Waals surface area contributed by atoms with E-state index in [4.69, 9.17) is 9.47 Å². The molecule has 0 saturated heterocycles. The van der Waals surface area contributed by atoms with Gasteiger partial charge in [-0.15, -0.1) is 0 Å². The Morgan fingerprint density at radius 1 is 1.05 bits per heavy atom. The number of hydrogen-bond acceptors (Lipinski definition) is 3. The van der Waals surface area contributed by atoms with E-state index in [-0.39, 0.29) is 5.78 Å². The average Bonchev–Trinajstić information content (AvgIpc) is 2.52. The van der Waals surface area contributed by atoms with Crippen LogP contribution < -0.4 is 9.47 Å². The fourth-order valence-electron chi connectivity index (χ4n) is 2.04. The van der Waals surface area contributed by atoms with Crippen molar-refractivity contribution in [3.8, 4) is 11.5 Å². The van der Waals surface area contributed by atoms with E-state index in [0.29, 0.717) is 17.1 Å². The normalized spacial score (nSPS) is 10.6. The van der Waals surface area contributed by atoms with Crippen molar-refractivity contribution in [1.82, 2.24) is 0 Å². The maximum Gasteiger partial charge on any atom is 0.189 e. The van der Waals surface area contributed by atoms with Crippen molar-refractivity contribution in [1.29, 1.82) is 0 Å². The number of carbonyl (C=O) groups is 1. The smallest absolute Gasteiger partial charge is 0.189 e. The lowest BCUT2D eigenvalue weighted by atomic mass is 10.1. The van der Waals surface area contributed by atoms with E-state index >= 15 is 0 Å². The second-order valence-electron chi connectivity index (χ2n) is 4.68. The zero-order valence-corrected chi connectivity index (χ0v) is 12.4. The molecule has 0 radical (unpaired) electrons. The number of benzene rings is 2. The van der Waals surface area contributed by atoms with Gasteiger partial charge in [0.25, 0.3) is 0 Å². The second kappa shape index (κ2) is 6.75.